The summed E-state index contributed by atoms with van der Waals surface area (Å²) in [4.78, 5) is 12.7. The Labute approximate surface area is 229 Å². The molecule has 0 saturated heterocycles. The van der Waals surface area contributed by atoms with E-state index in [1.54, 1.807) is 12.1 Å². The number of halogens is 1. The van der Waals surface area contributed by atoms with Crippen LogP contribution in [0.25, 0.3) is 0 Å². The number of nitrogens with one attached hydrogen (secondary N) is 1. The molecule has 0 spiro atoms. The Morgan fingerprint density at radius 1 is 0.711 bits per heavy atom. The molecule has 8 heteroatoms. The van der Waals surface area contributed by atoms with Crippen molar-refractivity contribution in [2.45, 2.75) is 30.7 Å². The number of primary sulfonamides is 1. The second kappa shape index (κ2) is 11.8. The molecule has 5 nitrogen and oxygen atoms in total. The third-order valence-electron chi connectivity index (χ3n) is 6.86. The van der Waals surface area contributed by atoms with Crippen molar-refractivity contribution < 1.29 is 13.2 Å². The molecule has 0 fully saturated rings. The first-order valence-electron chi connectivity index (χ1n) is 12.5. The fourth-order valence-electron chi connectivity index (χ4n) is 4.83. The van der Waals surface area contributed by atoms with Gasteiger partial charge in [-0.05, 0) is 0 Å². The molecule has 198 valence electrons. The van der Waals surface area contributed by atoms with Gasteiger partial charge >= 0.3 is 217 Å². The van der Waals surface area contributed by atoms with Crippen molar-refractivity contribution >= 4 is 49.0 Å². The Morgan fingerprint density at radius 2 is 1.16 bits per heavy atom. The fourth-order valence-corrected chi connectivity index (χ4v) is 11.6. The van der Waals surface area contributed by atoms with Crippen molar-refractivity contribution in [3.63, 3.8) is 0 Å². The molecule has 0 aliphatic heterocycles. The third kappa shape index (κ3) is 6.00. The fraction of sp³-hybridized carbons (Fsp3) is 0.167. The SMILES string of the molecule is NS(=O)(=O)c1ccc(CNC(=O)CCCCP(Cl)(c2ccccc2)(c2ccccc2)c2ccccc2)cc1. The van der Waals surface area contributed by atoms with Gasteiger partial charge in [-0.1, -0.05) is 0 Å². The molecule has 0 aromatic heterocycles. The summed E-state index contributed by atoms with van der Waals surface area (Å²) in [6.07, 6.45) is 2.56. The van der Waals surface area contributed by atoms with Crippen LogP contribution in [0.2, 0.25) is 0 Å². The molecule has 38 heavy (non-hydrogen) atoms. The number of benzene rings is 4. The first-order valence-corrected chi connectivity index (χ1v) is 17.4. The Bertz CT molecular complexity index is 1370. The van der Waals surface area contributed by atoms with Crippen LogP contribution in [0.3, 0.4) is 0 Å². The Balaban J connectivity index is 1.48. The minimum atomic E-state index is -3.74. The van der Waals surface area contributed by atoms with Crippen molar-refractivity contribution in [3.8, 4) is 0 Å². The number of carbonyl (C=O) groups excluding carboxylic acids is 1. The van der Waals surface area contributed by atoms with E-state index in [0.29, 0.717) is 19.4 Å². The van der Waals surface area contributed by atoms with Crippen LogP contribution >= 0.6 is 17.2 Å². The van der Waals surface area contributed by atoms with Crippen LogP contribution in [0.4, 0.5) is 0 Å². The summed E-state index contributed by atoms with van der Waals surface area (Å²) in [5.74, 6) is -3.38. The Kier molecular flexibility index (Phi) is 8.69. The van der Waals surface area contributed by atoms with Crippen LogP contribution in [0.1, 0.15) is 24.8 Å². The quantitative estimate of drug-likeness (QED) is 0.202. The first-order chi connectivity index (χ1) is 18.2. The van der Waals surface area contributed by atoms with Gasteiger partial charge in [0.05, 0.1) is 0 Å². The van der Waals surface area contributed by atoms with Crippen LogP contribution in [0, 0.1) is 0 Å². The van der Waals surface area contributed by atoms with Crippen molar-refractivity contribution in [2.75, 3.05) is 6.16 Å². The number of sulfonamides is 1. The van der Waals surface area contributed by atoms with Gasteiger partial charge in [0.2, 0.25) is 0 Å². The monoisotopic (exact) mass is 566 g/mol. The maximum atomic E-state index is 12.6. The van der Waals surface area contributed by atoms with Gasteiger partial charge < -0.3 is 0 Å². The summed E-state index contributed by atoms with van der Waals surface area (Å²) in [7, 11) is -3.74. The van der Waals surface area contributed by atoms with Crippen LogP contribution in [-0.4, -0.2) is 20.5 Å². The maximum absolute atomic E-state index is 12.6. The predicted molar refractivity (Wildman–Crippen MR) is 159 cm³/mol. The molecule has 4 rings (SSSR count). The molecule has 0 unspecified atom stereocenters. The van der Waals surface area contributed by atoms with Gasteiger partial charge in [0.15, 0.2) is 0 Å². The molecule has 4 aromatic rings. The molecule has 0 aliphatic carbocycles. The van der Waals surface area contributed by atoms with E-state index in [9.17, 15) is 13.2 Å². The van der Waals surface area contributed by atoms with Crippen molar-refractivity contribution in [2.24, 2.45) is 5.14 Å². The molecule has 4 aromatic carbocycles. The summed E-state index contributed by atoms with van der Waals surface area (Å²) in [5, 5.41) is 11.4. The molecule has 1 amide bonds. The molecule has 0 saturated carbocycles. The van der Waals surface area contributed by atoms with E-state index >= 15 is 0 Å². The zero-order valence-corrected chi connectivity index (χ0v) is 23.5. The van der Waals surface area contributed by atoms with Gasteiger partial charge in [0.25, 0.3) is 0 Å². The van der Waals surface area contributed by atoms with Crippen molar-refractivity contribution in [1.82, 2.24) is 5.32 Å². The van der Waals surface area contributed by atoms with Crippen LogP contribution in [0.15, 0.2) is 120 Å². The van der Waals surface area contributed by atoms with E-state index in [-0.39, 0.29) is 10.8 Å². The van der Waals surface area contributed by atoms with E-state index in [4.69, 9.17) is 16.4 Å². The molecule has 0 bridgehead atoms. The first kappa shape index (κ1) is 28.0. The van der Waals surface area contributed by atoms with E-state index < -0.39 is 16.0 Å². The van der Waals surface area contributed by atoms with E-state index in [0.717, 1.165) is 34.1 Å². The standard InChI is InChI=1S/C30H32ClN2O3PS/c31-37(26-12-4-1-5-13-26,27-14-6-2-7-15-27,28-16-8-3-9-17-28)23-11-10-18-30(34)33-24-25-19-21-29(22-20-25)38(32,35)36/h1-9,12-17,19-22H,10-11,18,23-24H2,(H,33,34)(H2,32,35,36). The van der Waals surface area contributed by atoms with Crippen molar-refractivity contribution in [1.29, 1.82) is 0 Å². The topological polar surface area (TPSA) is 89.3 Å². The van der Waals surface area contributed by atoms with Crippen LogP contribution in [0.5, 0.6) is 0 Å². The van der Waals surface area contributed by atoms with Crippen LogP contribution < -0.4 is 26.4 Å². The number of hydrogen-bond acceptors (Lipinski definition) is 3. The summed E-state index contributed by atoms with van der Waals surface area (Å²) < 4.78 is 22.8. The average Bonchev–Trinajstić information content (AvgIpc) is 2.95. The van der Waals surface area contributed by atoms with E-state index in [1.165, 1.54) is 12.1 Å². The number of hydrogen-bond donors (Lipinski definition) is 2. The Morgan fingerprint density at radius 3 is 1.58 bits per heavy atom. The molecule has 0 heterocycles. The molecular formula is C30H32ClN2O3PS. The van der Waals surface area contributed by atoms with Gasteiger partial charge in [0.1, 0.15) is 0 Å². The van der Waals surface area contributed by atoms with E-state index in [1.807, 2.05) is 54.6 Å². The number of rotatable bonds is 11. The number of amides is 1. The second-order valence-corrected chi connectivity index (χ2v) is 17.5. The number of unbranched alkanes of at least 4 members (excludes halogenated alkanes) is 1. The molecule has 3 N–H and O–H groups in total. The van der Waals surface area contributed by atoms with Gasteiger partial charge in [0, 0.05) is 0 Å². The molecule has 0 atom stereocenters. The molecule has 0 radical (unpaired) electrons. The second-order valence-electron chi connectivity index (χ2n) is 9.34. The van der Waals surface area contributed by atoms with Crippen molar-refractivity contribution in [3.05, 3.63) is 121 Å². The zero-order valence-electron chi connectivity index (χ0n) is 21.0. The molecular weight excluding hydrogens is 535 g/mol. The van der Waals surface area contributed by atoms with Gasteiger partial charge in [-0.3, -0.25) is 0 Å². The Hall–Kier alpha value is -3.02. The number of carbonyl (C=O) groups is 1. The minimum absolute atomic E-state index is 0.0465. The third-order valence-corrected chi connectivity index (χ3v) is 15.3. The van der Waals surface area contributed by atoms with Gasteiger partial charge in [-0.25, -0.2) is 13.6 Å². The summed E-state index contributed by atoms with van der Waals surface area (Å²) in [5.41, 5.74) is 0.800. The summed E-state index contributed by atoms with van der Waals surface area (Å²) in [6, 6.07) is 37.2. The zero-order chi connectivity index (χ0) is 27.1. The summed E-state index contributed by atoms with van der Waals surface area (Å²) in [6.45, 7) is 0.316. The molecule has 0 aliphatic rings. The van der Waals surface area contributed by atoms with E-state index in [2.05, 4.69) is 41.7 Å². The van der Waals surface area contributed by atoms with Gasteiger partial charge in [-0.2, -0.15) is 0 Å². The predicted octanol–water partition coefficient (Wildman–Crippen LogP) is 4.80. The summed E-state index contributed by atoms with van der Waals surface area (Å²) >= 11 is 8.05. The normalized spacial score (nSPS) is 12.8. The van der Waals surface area contributed by atoms with Gasteiger partial charge in [-0.15, -0.1) is 0 Å². The number of nitrogens with two attached hydrogens (primary N) is 1. The van der Waals surface area contributed by atoms with Crippen LogP contribution in [-0.2, 0) is 21.4 Å². The average molecular weight is 567 g/mol.